The molecule has 0 radical (unpaired) electrons. The van der Waals surface area contributed by atoms with Crippen molar-refractivity contribution in [3.63, 3.8) is 0 Å². The Balaban J connectivity index is 4.13. The minimum Gasteiger partial charge on any atom is -0.457 e. The number of hydrogen-bond acceptors (Lipinski definition) is 6. The van der Waals surface area contributed by atoms with E-state index in [4.69, 9.17) is 18.5 Å². The molecule has 0 spiro atoms. The Morgan fingerprint density at radius 3 is 1.36 bits per heavy atom. The monoisotopic (exact) mass is 921 g/mol. The number of phosphoric ester groups is 1. The molecule has 0 bridgehead atoms. The maximum atomic E-state index is 12.8. The van der Waals surface area contributed by atoms with Crippen LogP contribution in [0.1, 0.15) is 226 Å². The lowest BCUT2D eigenvalue weighted by atomic mass is 10.0. The van der Waals surface area contributed by atoms with Crippen LogP contribution in [0, 0.1) is 0 Å². The summed E-state index contributed by atoms with van der Waals surface area (Å²) < 4.78 is 35.2. The highest BCUT2D eigenvalue weighted by Gasteiger charge is 2.26. The van der Waals surface area contributed by atoms with E-state index in [-0.39, 0.29) is 25.8 Å². The third-order valence-corrected chi connectivity index (χ3v) is 12.3. The van der Waals surface area contributed by atoms with E-state index in [1.165, 1.54) is 135 Å². The van der Waals surface area contributed by atoms with Gasteiger partial charge in [-0.05, 0) is 57.8 Å². The molecule has 0 amide bonds. The SMILES string of the molecule is CC/C=C\C/C=C\C/C=C\C/C=C\C/C=C\CCCCCCCCCCOCC(COP(=O)(O)OCC[N+](C)(C)C)OC(=O)CCCCCCCCCCCCCCCCCCCC. The van der Waals surface area contributed by atoms with Crippen molar-refractivity contribution in [3.8, 4) is 0 Å². The fraction of sp³-hybridized carbons (Fsp3) is 0.800. The number of carbonyl (C=O) groups is 1. The van der Waals surface area contributed by atoms with Crippen LogP contribution in [0.15, 0.2) is 60.8 Å². The number of rotatable bonds is 49. The molecule has 0 aromatic carbocycles. The molecule has 2 unspecified atom stereocenters. The van der Waals surface area contributed by atoms with Crippen molar-refractivity contribution in [2.24, 2.45) is 0 Å². The lowest BCUT2D eigenvalue weighted by Gasteiger charge is -2.24. The molecule has 0 fully saturated rings. The van der Waals surface area contributed by atoms with Crippen LogP contribution < -0.4 is 0 Å². The maximum Gasteiger partial charge on any atom is 0.472 e. The van der Waals surface area contributed by atoms with Crippen LogP contribution in [0.5, 0.6) is 0 Å². The van der Waals surface area contributed by atoms with Crippen molar-refractivity contribution < 1.29 is 37.3 Å². The molecule has 0 saturated carbocycles. The van der Waals surface area contributed by atoms with Gasteiger partial charge >= 0.3 is 13.8 Å². The first-order valence-corrected chi connectivity index (χ1v) is 28.0. The van der Waals surface area contributed by atoms with Crippen LogP contribution in [-0.4, -0.2) is 75.6 Å². The molecular formula is C55H103NO7P+. The van der Waals surface area contributed by atoms with Crippen molar-refractivity contribution in [1.29, 1.82) is 0 Å². The highest BCUT2D eigenvalue weighted by atomic mass is 31.2. The molecule has 0 aromatic heterocycles. The van der Waals surface area contributed by atoms with E-state index in [1.807, 2.05) is 21.1 Å². The molecule has 0 aliphatic heterocycles. The Morgan fingerprint density at radius 1 is 0.500 bits per heavy atom. The number of nitrogens with zero attached hydrogens (tertiary/aromatic N) is 1. The lowest BCUT2D eigenvalue weighted by Crippen LogP contribution is -2.37. The molecule has 9 heteroatoms. The summed E-state index contributed by atoms with van der Waals surface area (Å²) in [5.41, 5.74) is 0. The number of hydrogen-bond donors (Lipinski definition) is 1. The van der Waals surface area contributed by atoms with Crippen molar-refractivity contribution in [1.82, 2.24) is 0 Å². The molecule has 0 aromatic rings. The molecule has 0 rings (SSSR count). The molecule has 1 N–H and O–H groups in total. The van der Waals surface area contributed by atoms with Crippen LogP contribution >= 0.6 is 7.82 Å². The Labute approximate surface area is 396 Å². The third-order valence-electron chi connectivity index (χ3n) is 11.3. The van der Waals surface area contributed by atoms with Gasteiger partial charge in [0.05, 0.1) is 34.4 Å². The fourth-order valence-corrected chi connectivity index (χ4v) is 8.03. The second-order valence-corrected chi connectivity index (χ2v) is 20.3. The van der Waals surface area contributed by atoms with E-state index in [9.17, 15) is 14.3 Å². The zero-order valence-electron chi connectivity index (χ0n) is 42.5. The molecule has 0 heterocycles. The topological polar surface area (TPSA) is 91.3 Å². The Morgan fingerprint density at radius 2 is 0.906 bits per heavy atom. The molecule has 8 nitrogen and oxygen atoms in total. The van der Waals surface area contributed by atoms with Crippen LogP contribution in [0.4, 0.5) is 0 Å². The number of quaternary nitrogens is 1. The van der Waals surface area contributed by atoms with Gasteiger partial charge in [0, 0.05) is 13.0 Å². The average Bonchev–Trinajstić information content (AvgIpc) is 3.25. The highest BCUT2D eigenvalue weighted by Crippen LogP contribution is 2.43. The average molecular weight is 921 g/mol. The van der Waals surface area contributed by atoms with Crippen molar-refractivity contribution in [2.75, 3.05) is 54.1 Å². The summed E-state index contributed by atoms with van der Waals surface area (Å²) in [7, 11) is 1.66. The summed E-state index contributed by atoms with van der Waals surface area (Å²) in [5, 5.41) is 0. The van der Waals surface area contributed by atoms with Gasteiger partial charge in [0.15, 0.2) is 0 Å². The Bertz CT molecular complexity index is 1210. The van der Waals surface area contributed by atoms with Crippen molar-refractivity contribution in [3.05, 3.63) is 60.8 Å². The minimum atomic E-state index is -4.28. The lowest BCUT2D eigenvalue weighted by molar-refractivity contribution is -0.870. The van der Waals surface area contributed by atoms with Crippen molar-refractivity contribution >= 4 is 13.8 Å². The number of carbonyl (C=O) groups excluding carboxylic acids is 1. The highest BCUT2D eigenvalue weighted by molar-refractivity contribution is 7.47. The zero-order chi connectivity index (χ0) is 46.9. The van der Waals surface area contributed by atoms with Gasteiger partial charge in [-0.3, -0.25) is 13.8 Å². The number of unbranched alkanes of at least 4 members (excludes halogenated alkanes) is 25. The fourth-order valence-electron chi connectivity index (χ4n) is 7.29. The van der Waals surface area contributed by atoms with E-state index >= 15 is 0 Å². The van der Waals surface area contributed by atoms with Gasteiger partial charge in [0.25, 0.3) is 0 Å². The zero-order valence-corrected chi connectivity index (χ0v) is 43.4. The van der Waals surface area contributed by atoms with Gasteiger partial charge in [-0.25, -0.2) is 4.57 Å². The van der Waals surface area contributed by atoms with E-state index in [2.05, 4.69) is 74.6 Å². The third kappa shape index (κ3) is 51.2. The quantitative estimate of drug-likeness (QED) is 0.0214. The number of ether oxygens (including phenoxy) is 2. The standard InChI is InChI=1S/C55H102NO7P/c1-6-8-10-12-14-16-18-20-22-24-26-27-28-29-30-31-33-35-37-39-41-43-45-47-50-60-52-54(53-62-64(58,59)61-51-49-56(3,4)5)63-55(57)48-46-44-42-40-38-36-34-32-25-23-21-19-17-15-13-11-9-7-2/h8,10,14,16,20,22,26-27,29-30,54H,6-7,9,11-13,15,17-19,21,23-25,28,31-53H2,1-5H3/p+1/b10-8-,16-14-,22-20-,27-26-,30-29-. The molecule has 2 atom stereocenters. The second-order valence-electron chi connectivity index (χ2n) is 18.9. The summed E-state index contributed by atoms with van der Waals surface area (Å²) in [6, 6.07) is 0. The van der Waals surface area contributed by atoms with Gasteiger partial charge in [-0.15, -0.1) is 0 Å². The maximum absolute atomic E-state index is 12.8. The van der Waals surface area contributed by atoms with E-state index in [0.29, 0.717) is 24.1 Å². The van der Waals surface area contributed by atoms with E-state index in [1.54, 1.807) is 0 Å². The number of esters is 1. The predicted molar refractivity (Wildman–Crippen MR) is 275 cm³/mol. The summed E-state index contributed by atoms with van der Waals surface area (Å²) in [5.74, 6) is -0.315. The van der Waals surface area contributed by atoms with Crippen molar-refractivity contribution in [2.45, 2.75) is 232 Å². The van der Waals surface area contributed by atoms with E-state index in [0.717, 1.165) is 70.6 Å². The summed E-state index contributed by atoms with van der Waals surface area (Å²) in [6.07, 6.45) is 61.2. The Kier molecular flexibility index (Phi) is 46.3. The normalized spacial score (nSPS) is 14.0. The Hall–Kier alpha value is -1.80. The van der Waals surface area contributed by atoms with Crippen LogP contribution in [0.3, 0.4) is 0 Å². The van der Waals surface area contributed by atoms with Crippen LogP contribution in [0.25, 0.3) is 0 Å². The second kappa shape index (κ2) is 47.7. The largest absolute Gasteiger partial charge is 0.472 e. The summed E-state index contributed by atoms with van der Waals surface area (Å²) in [4.78, 5) is 23.0. The number of likely N-dealkylation sites (N-methyl/N-ethyl adjacent to an activating group) is 1. The minimum absolute atomic E-state index is 0.0860. The van der Waals surface area contributed by atoms with E-state index < -0.39 is 13.9 Å². The van der Waals surface area contributed by atoms with Gasteiger partial charge in [-0.1, -0.05) is 222 Å². The smallest absolute Gasteiger partial charge is 0.457 e. The number of allylic oxidation sites excluding steroid dienone is 10. The summed E-state index contributed by atoms with van der Waals surface area (Å²) in [6.45, 7) is 5.52. The van der Waals surface area contributed by atoms with Gasteiger partial charge in [-0.2, -0.15) is 0 Å². The molecule has 374 valence electrons. The molecule has 0 aliphatic carbocycles. The summed E-state index contributed by atoms with van der Waals surface area (Å²) >= 11 is 0. The molecule has 0 aliphatic rings. The number of phosphoric acid groups is 1. The first-order valence-electron chi connectivity index (χ1n) is 26.5. The van der Waals surface area contributed by atoms with Crippen LogP contribution in [0.2, 0.25) is 0 Å². The van der Waals surface area contributed by atoms with Gasteiger partial charge in [0.1, 0.15) is 19.3 Å². The first-order chi connectivity index (χ1) is 31.1. The van der Waals surface area contributed by atoms with Gasteiger partial charge < -0.3 is 18.9 Å². The van der Waals surface area contributed by atoms with Gasteiger partial charge in [0.2, 0.25) is 0 Å². The first kappa shape index (κ1) is 62.2. The predicted octanol–water partition coefficient (Wildman–Crippen LogP) is 16.4. The molecule has 0 saturated heterocycles. The van der Waals surface area contributed by atoms with Crippen LogP contribution in [-0.2, 0) is 27.9 Å². The molecule has 64 heavy (non-hydrogen) atoms. The molecular weight excluding hydrogens is 818 g/mol.